The molecule has 0 fully saturated rings. The largest absolute Gasteiger partial charge is 0.325 e. The maximum atomic E-state index is 12.5. The van der Waals surface area contributed by atoms with Crippen molar-refractivity contribution in [1.29, 1.82) is 0 Å². The lowest BCUT2D eigenvalue weighted by Gasteiger charge is -2.10. The highest BCUT2D eigenvalue weighted by atomic mass is 32.2. The van der Waals surface area contributed by atoms with E-state index >= 15 is 0 Å². The predicted molar refractivity (Wildman–Crippen MR) is 118 cm³/mol. The van der Waals surface area contributed by atoms with Crippen molar-refractivity contribution in [2.45, 2.75) is 38.9 Å². The molecule has 2 aromatic carbocycles. The molecule has 156 valence electrons. The third-order valence-corrected chi connectivity index (χ3v) is 5.45. The third kappa shape index (κ3) is 5.04. The number of hydrogen-bond donors (Lipinski definition) is 1. The molecule has 1 aromatic heterocycles. The number of nitrogens with zero attached hydrogens (tertiary/aromatic N) is 4. The van der Waals surface area contributed by atoms with Gasteiger partial charge >= 0.3 is 0 Å². The number of benzene rings is 2. The molecule has 30 heavy (non-hydrogen) atoms. The van der Waals surface area contributed by atoms with Crippen LogP contribution in [0.15, 0.2) is 47.6 Å². The Balaban J connectivity index is 1.73. The van der Waals surface area contributed by atoms with Gasteiger partial charge in [-0.05, 0) is 31.9 Å². The zero-order valence-corrected chi connectivity index (χ0v) is 17.9. The lowest BCUT2D eigenvalue weighted by molar-refractivity contribution is -0.384. The summed E-state index contributed by atoms with van der Waals surface area (Å²) in [6.07, 6.45) is 0.906. The minimum atomic E-state index is -0.482. The van der Waals surface area contributed by atoms with Gasteiger partial charge in [0.25, 0.3) is 5.69 Å². The Hall–Kier alpha value is -3.20. The number of carbonyl (C=O) groups is 1. The number of non-ortho nitro benzene ring substituents is 1. The molecule has 0 bridgehead atoms. The number of hydrogen-bond acceptors (Lipinski definition) is 6. The van der Waals surface area contributed by atoms with Crippen LogP contribution in [0.3, 0.4) is 0 Å². The van der Waals surface area contributed by atoms with E-state index < -0.39 is 4.92 Å². The van der Waals surface area contributed by atoms with Crippen molar-refractivity contribution < 1.29 is 9.72 Å². The lowest BCUT2D eigenvalue weighted by Crippen LogP contribution is -2.15. The fraction of sp³-hybridized carbons (Fsp3) is 0.286. The van der Waals surface area contributed by atoms with Crippen LogP contribution in [0.4, 0.5) is 11.4 Å². The summed E-state index contributed by atoms with van der Waals surface area (Å²) in [6.45, 7) is 6.63. The summed E-state index contributed by atoms with van der Waals surface area (Å²) >= 11 is 1.29. The van der Waals surface area contributed by atoms with E-state index in [-0.39, 0.29) is 17.3 Å². The molecule has 0 aliphatic carbocycles. The number of nitro benzene ring substituents is 1. The molecule has 3 rings (SSSR count). The Bertz CT molecular complexity index is 1080. The van der Waals surface area contributed by atoms with Gasteiger partial charge in [0.2, 0.25) is 5.91 Å². The van der Waals surface area contributed by atoms with E-state index in [0.717, 1.165) is 35.5 Å². The van der Waals surface area contributed by atoms with Crippen LogP contribution in [0.25, 0.3) is 11.4 Å². The minimum absolute atomic E-state index is 0.0611. The van der Waals surface area contributed by atoms with Gasteiger partial charge in [-0.25, -0.2) is 0 Å². The van der Waals surface area contributed by atoms with Crippen molar-refractivity contribution in [1.82, 2.24) is 14.8 Å². The second-order valence-corrected chi connectivity index (χ2v) is 7.86. The van der Waals surface area contributed by atoms with E-state index in [1.165, 1.54) is 23.9 Å². The number of amides is 1. The third-order valence-electron chi connectivity index (χ3n) is 4.48. The molecule has 9 heteroatoms. The fourth-order valence-electron chi connectivity index (χ4n) is 2.99. The van der Waals surface area contributed by atoms with Crippen molar-refractivity contribution in [3.8, 4) is 11.4 Å². The number of aromatic nitrogens is 3. The normalized spacial score (nSPS) is 10.8. The summed E-state index contributed by atoms with van der Waals surface area (Å²) in [5.74, 6) is 0.641. The lowest BCUT2D eigenvalue weighted by atomic mass is 10.1. The molecule has 0 aliphatic rings. The monoisotopic (exact) mass is 425 g/mol. The van der Waals surface area contributed by atoms with Crippen molar-refractivity contribution in [3.05, 3.63) is 63.7 Å². The molecular formula is C21H23N5O3S. The Morgan fingerprint density at radius 2 is 2.00 bits per heavy atom. The van der Waals surface area contributed by atoms with Gasteiger partial charge < -0.3 is 9.88 Å². The number of nitro groups is 1. The van der Waals surface area contributed by atoms with Gasteiger partial charge in [0.15, 0.2) is 11.0 Å². The van der Waals surface area contributed by atoms with Gasteiger partial charge in [-0.2, -0.15) is 0 Å². The van der Waals surface area contributed by atoms with E-state index in [4.69, 9.17) is 0 Å². The number of carbonyl (C=O) groups excluding carboxylic acids is 1. The summed E-state index contributed by atoms with van der Waals surface area (Å²) < 4.78 is 2.02. The molecular weight excluding hydrogens is 402 g/mol. The molecule has 3 aromatic rings. The first kappa shape index (κ1) is 21.5. The highest BCUT2D eigenvalue weighted by Crippen LogP contribution is 2.26. The quantitative estimate of drug-likeness (QED) is 0.321. The number of rotatable bonds is 8. The van der Waals surface area contributed by atoms with Crippen LogP contribution in [0.1, 0.15) is 24.5 Å². The average molecular weight is 426 g/mol. The smallest absolute Gasteiger partial charge is 0.271 e. The number of anilines is 1. The molecule has 0 saturated heterocycles. The summed E-state index contributed by atoms with van der Waals surface area (Å²) in [7, 11) is 0. The first-order chi connectivity index (χ1) is 14.4. The Kier molecular flexibility index (Phi) is 6.83. The van der Waals surface area contributed by atoms with Crippen LogP contribution in [0.5, 0.6) is 0 Å². The zero-order valence-electron chi connectivity index (χ0n) is 17.1. The number of nitrogens with one attached hydrogen (secondary N) is 1. The van der Waals surface area contributed by atoms with Crippen LogP contribution in [0.2, 0.25) is 0 Å². The highest BCUT2D eigenvalue weighted by molar-refractivity contribution is 7.99. The van der Waals surface area contributed by atoms with Gasteiger partial charge in [0.1, 0.15) is 0 Å². The second-order valence-electron chi connectivity index (χ2n) is 6.92. The summed E-state index contributed by atoms with van der Waals surface area (Å²) in [4.78, 5) is 22.9. The van der Waals surface area contributed by atoms with Crippen LogP contribution in [-0.2, 0) is 11.3 Å². The maximum absolute atomic E-state index is 12.5. The Morgan fingerprint density at radius 3 is 2.70 bits per heavy atom. The van der Waals surface area contributed by atoms with Gasteiger partial charge in [-0.3, -0.25) is 14.9 Å². The fourth-order valence-corrected chi connectivity index (χ4v) is 3.76. The Morgan fingerprint density at radius 1 is 1.20 bits per heavy atom. The zero-order chi connectivity index (χ0) is 21.7. The highest BCUT2D eigenvalue weighted by Gasteiger charge is 2.16. The summed E-state index contributed by atoms with van der Waals surface area (Å²) in [5, 5.41) is 23.0. The van der Waals surface area contributed by atoms with Crippen molar-refractivity contribution in [2.75, 3.05) is 11.1 Å². The molecule has 1 amide bonds. The average Bonchev–Trinajstić information content (AvgIpc) is 3.11. The van der Waals surface area contributed by atoms with E-state index in [2.05, 4.69) is 28.5 Å². The van der Waals surface area contributed by atoms with Crippen LogP contribution in [0, 0.1) is 24.0 Å². The van der Waals surface area contributed by atoms with Crippen molar-refractivity contribution >= 4 is 29.0 Å². The molecule has 0 aliphatic heterocycles. The van der Waals surface area contributed by atoms with E-state index in [1.807, 2.05) is 29.7 Å². The van der Waals surface area contributed by atoms with E-state index in [1.54, 1.807) is 13.0 Å². The van der Waals surface area contributed by atoms with Gasteiger partial charge in [-0.1, -0.05) is 48.5 Å². The van der Waals surface area contributed by atoms with Crippen molar-refractivity contribution in [2.24, 2.45) is 0 Å². The van der Waals surface area contributed by atoms with Crippen LogP contribution in [-0.4, -0.2) is 31.3 Å². The SMILES string of the molecule is CCCn1c(SCC(=O)Nc2cc([N+](=O)[O-])ccc2C)nnc1-c1cccc(C)c1. The minimum Gasteiger partial charge on any atom is -0.325 e. The predicted octanol–water partition coefficient (Wildman–Crippen LogP) is 4.61. The molecule has 1 N–H and O–H groups in total. The first-order valence-electron chi connectivity index (χ1n) is 9.57. The van der Waals surface area contributed by atoms with Crippen LogP contribution >= 0.6 is 11.8 Å². The number of thioether (sulfide) groups is 1. The molecule has 0 unspecified atom stereocenters. The van der Waals surface area contributed by atoms with Gasteiger partial charge in [0.05, 0.1) is 16.4 Å². The summed E-state index contributed by atoms with van der Waals surface area (Å²) in [6, 6.07) is 12.5. The molecule has 0 spiro atoms. The molecule has 0 radical (unpaired) electrons. The van der Waals surface area contributed by atoms with Gasteiger partial charge in [-0.15, -0.1) is 10.2 Å². The maximum Gasteiger partial charge on any atom is 0.271 e. The number of aryl methyl sites for hydroxylation is 2. The molecule has 0 atom stereocenters. The van der Waals surface area contributed by atoms with E-state index in [9.17, 15) is 14.9 Å². The Labute approximate surface area is 178 Å². The molecule has 8 nitrogen and oxygen atoms in total. The summed E-state index contributed by atoms with van der Waals surface area (Å²) in [5.41, 5.74) is 3.26. The topological polar surface area (TPSA) is 103 Å². The van der Waals surface area contributed by atoms with Gasteiger partial charge in [0, 0.05) is 24.2 Å². The first-order valence-corrected chi connectivity index (χ1v) is 10.6. The second kappa shape index (κ2) is 9.53. The molecule has 1 heterocycles. The van der Waals surface area contributed by atoms with Crippen LogP contribution < -0.4 is 5.32 Å². The molecule has 0 saturated carbocycles. The van der Waals surface area contributed by atoms with Crippen molar-refractivity contribution in [3.63, 3.8) is 0 Å². The standard InChI is InChI=1S/C21H23N5O3S/c1-4-10-25-20(16-7-5-6-14(2)11-16)23-24-21(25)30-13-19(27)22-18-12-17(26(28)29)9-8-15(18)3/h5-9,11-12H,4,10,13H2,1-3H3,(H,22,27). The van der Waals surface area contributed by atoms with E-state index in [0.29, 0.717) is 10.8 Å².